The van der Waals surface area contributed by atoms with E-state index in [1.165, 1.54) is 0 Å². The quantitative estimate of drug-likeness (QED) is 0.803. The summed E-state index contributed by atoms with van der Waals surface area (Å²) in [6, 6.07) is 15.5. The van der Waals surface area contributed by atoms with Crippen molar-refractivity contribution >= 4 is 5.91 Å². The number of para-hydroxylation sites is 2. The highest BCUT2D eigenvalue weighted by Gasteiger charge is 2.16. The van der Waals surface area contributed by atoms with Crippen LogP contribution in [0.2, 0.25) is 0 Å². The molecule has 0 aromatic heterocycles. The fourth-order valence-electron chi connectivity index (χ4n) is 2.43. The Morgan fingerprint density at radius 1 is 1.00 bits per heavy atom. The van der Waals surface area contributed by atoms with Crippen molar-refractivity contribution in [3.63, 3.8) is 0 Å². The molecule has 4 nitrogen and oxygen atoms in total. The Labute approximate surface area is 143 Å². The standard InChI is InChI=1S/C20H25NO3/c1-4-16-10-6-9-13-19(16)24-15(3)20(22)21-14-17-11-7-8-12-18(17)23-5-2/h6-13,15H,4-5,14H2,1-3H3,(H,21,22)/t15-/m0/s1. The van der Waals surface area contributed by atoms with Crippen molar-refractivity contribution in [1.29, 1.82) is 0 Å². The van der Waals surface area contributed by atoms with Gasteiger partial charge in [0.2, 0.25) is 0 Å². The second kappa shape index (κ2) is 8.96. The van der Waals surface area contributed by atoms with Gasteiger partial charge in [-0.2, -0.15) is 0 Å². The van der Waals surface area contributed by atoms with Crippen molar-refractivity contribution in [2.24, 2.45) is 0 Å². The van der Waals surface area contributed by atoms with E-state index in [4.69, 9.17) is 9.47 Å². The van der Waals surface area contributed by atoms with Gasteiger partial charge in [-0.25, -0.2) is 0 Å². The van der Waals surface area contributed by atoms with Gasteiger partial charge in [-0.15, -0.1) is 0 Å². The molecular weight excluding hydrogens is 302 g/mol. The maximum Gasteiger partial charge on any atom is 0.261 e. The lowest BCUT2D eigenvalue weighted by molar-refractivity contribution is -0.127. The summed E-state index contributed by atoms with van der Waals surface area (Å²) in [5.41, 5.74) is 2.05. The van der Waals surface area contributed by atoms with E-state index in [-0.39, 0.29) is 5.91 Å². The number of carbonyl (C=O) groups is 1. The molecule has 0 aliphatic carbocycles. The van der Waals surface area contributed by atoms with Gasteiger partial charge in [0.25, 0.3) is 5.91 Å². The lowest BCUT2D eigenvalue weighted by atomic mass is 10.1. The maximum absolute atomic E-state index is 12.3. The molecule has 4 heteroatoms. The Kier molecular flexibility index (Phi) is 6.67. The molecule has 2 rings (SSSR count). The van der Waals surface area contributed by atoms with Crippen LogP contribution in [0.4, 0.5) is 0 Å². The normalized spacial score (nSPS) is 11.6. The first-order valence-corrected chi connectivity index (χ1v) is 8.38. The predicted molar refractivity (Wildman–Crippen MR) is 95.4 cm³/mol. The number of ether oxygens (including phenoxy) is 2. The van der Waals surface area contributed by atoms with Crippen LogP contribution in [0, 0.1) is 0 Å². The topological polar surface area (TPSA) is 47.6 Å². The molecule has 0 bridgehead atoms. The molecule has 24 heavy (non-hydrogen) atoms. The molecule has 1 N–H and O–H groups in total. The first-order valence-electron chi connectivity index (χ1n) is 8.38. The van der Waals surface area contributed by atoms with Crippen molar-refractivity contribution in [2.75, 3.05) is 6.61 Å². The predicted octanol–water partition coefficient (Wildman–Crippen LogP) is 3.73. The lowest BCUT2D eigenvalue weighted by Gasteiger charge is -2.17. The minimum Gasteiger partial charge on any atom is -0.494 e. The molecule has 2 aromatic rings. The summed E-state index contributed by atoms with van der Waals surface area (Å²) in [4.78, 5) is 12.3. The van der Waals surface area contributed by atoms with Gasteiger partial charge in [0.1, 0.15) is 11.5 Å². The summed E-state index contributed by atoms with van der Waals surface area (Å²) < 4.78 is 11.4. The number of nitrogens with one attached hydrogen (secondary N) is 1. The highest BCUT2D eigenvalue weighted by atomic mass is 16.5. The number of hydrogen-bond acceptors (Lipinski definition) is 3. The third-order valence-electron chi connectivity index (χ3n) is 3.75. The Balaban J connectivity index is 1.95. The van der Waals surface area contributed by atoms with E-state index >= 15 is 0 Å². The van der Waals surface area contributed by atoms with E-state index in [1.807, 2.05) is 55.5 Å². The van der Waals surface area contributed by atoms with Crippen LogP contribution in [0.5, 0.6) is 11.5 Å². The molecular formula is C20H25NO3. The van der Waals surface area contributed by atoms with Crippen molar-refractivity contribution in [3.8, 4) is 11.5 Å². The van der Waals surface area contributed by atoms with Gasteiger partial charge in [0.15, 0.2) is 6.10 Å². The second-order valence-electron chi connectivity index (χ2n) is 5.48. The Bertz CT molecular complexity index is 669. The zero-order valence-corrected chi connectivity index (χ0v) is 14.5. The molecule has 2 aromatic carbocycles. The van der Waals surface area contributed by atoms with Crippen LogP contribution in [0.15, 0.2) is 48.5 Å². The van der Waals surface area contributed by atoms with Gasteiger partial charge in [-0.3, -0.25) is 4.79 Å². The van der Waals surface area contributed by atoms with Gasteiger partial charge in [0.05, 0.1) is 6.61 Å². The van der Waals surface area contributed by atoms with E-state index < -0.39 is 6.10 Å². The smallest absolute Gasteiger partial charge is 0.261 e. The van der Waals surface area contributed by atoms with Crippen LogP contribution in [-0.4, -0.2) is 18.6 Å². The second-order valence-corrected chi connectivity index (χ2v) is 5.48. The average Bonchev–Trinajstić information content (AvgIpc) is 2.61. The van der Waals surface area contributed by atoms with E-state index in [9.17, 15) is 4.79 Å². The Morgan fingerprint density at radius 3 is 2.29 bits per heavy atom. The molecule has 0 heterocycles. The van der Waals surface area contributed by atoms with Crippen LogP contribution in [0.1, 0.15) is 31.9 Å². The summed E-state index contributed by atoms with van der Waals surface area (Å²) in [5, 5.41) is 2.91. The van der Waals surface area contributed by atoms with Crippen molar-refractivity contribution in [3.05, 3.63) is 59.7 Å². The van der Waals surface area contributed by atoms with Gasteiger partial charge >= 0.3 is 0 Å². The molecule has 0 spiro atoms. The van der Waals surface area contributed by atoms with Gasteiger partial charge in [-0.05, 0) is 38.0 Å². The molecule has 0 aliphatic rings. The van der Waals surface area contributed by atoms with Gasteiger partial charge < -0.3 is 14.8 Å². The summed E-state index contributed by atoms with van der Waals surface area (Å²) in [6.07, 6.45) is 0.309. The summed E-state index contributed by atoms with van der Waals surface area (Å²) >= 11 is 0. The highest BCUT2D eigenvalue weighted by Crippen LogP contribution is 2.20. The van der Waals surface area contributed by atoms with Crippen molar-refractivity contribution in [2.45, 2.75) is 39.8 Å². The SMILES string of the molecule is CCOc1ccccc1CNC(=O)[C@H](C)Oc1ccccc1CC. The van der Waals surface area contributed by atoms with Crippen LogP contribution >= 0.6 is 0 Å². The number of carbonyl (C=O) groups excluding carboxylic acids is 1. The first-order chi connectivity index (χ1) is 11.7. The fraction of sp³-hybridized carbons (Fsp3) is 0.350. The molecule has 0 saturated heterocycles. The molecule has 0 unspecified atom stereocenters. The van der Waals surface area contributed by atoms with E-state index in [0.29, 0.717) is 13.2 Å². The van der Waals surface area contributed by atoms with Gasteiger partial charge in [0, 0.05) is 12.1 Å². The number of hydrogen-bond donors (Lipinski definition) is 1. The Hall–Kier alpha value is -2.49. The highest BCUT2D eigenvalue weighted by molar-refractivity contribution is 5.80. The Morgan fingerprint density at radius 2 is 1.62 bits per heavy atom. The minimum absolute atomic E-state index is 0.146. The van der Waals surface area contributed by atoms with Crippen molar-refractivity contribution < 1.29 is 14.3 Å². The number of rotatable bonds is 8. The van der Waals surface area contributed by atoms with Crippen molar-refractivity contribution in [1.82, 2.24) is 5.32 Å². The first kappa shape index (κ1) is 17.9. The summed E-state index contributed by atoms with van der Waals surface area (Å²) in [7, 11) is 0. The molecule has 0 aliphatic heterocycles. The molecule has 1 amide bonds. The third kappa shape index (κ3) is 4.75. The third-order valence-corrected chi connectivity index (χ3v) is 3.75. The van der Waals surface area contributed by atoms with Crippen LogP contribution in [0.25, 0.3) is 0 Å². The van der Waals surface area contributed by atoms with Crippen LogP contribution < -0.4 is 14.8 Å². The summed E-state index contributed by atoms with van der Waals surface area (Å²) in [6.45, 7) is 6.78. The average molecular weight is 327 g/mol. The monoisotopic (exact) mass is 327 g/mol. The molecule has 0 fully saturated rings. The number of aryl methyl sites for hydroxylation is 1. The zero-order chi connectivity index (χ0) is 17.4. The lowest BCUT2D eigenvalue weighted by Crippen LogP contribution is -2.36. The van der Waals surface area contributed by atoms with Crippen LogP contribution in [-0.2, 0) is 17.8 Å². The minimum atomic E-state index is -0.558. The number of amides is 1. The van der Waals surface area contributed by atoms with E-state index in [2.05, 4.69) is 12.2 Å². The van der Waals surface area contributed by atoms with Gasteiger partial charge in [-0.1, -0.05) is 43.3 Å². The molecule has 0 radical (unpaired) electrons. The van der Waals surface area contributed by atoms with E-state index in [0.717, 1.165) is 29.0 Å². The zero-order valence-electron chi connectivity index (χ0n) is 14.5. The number of benzene rings is 2. The molecule has 0 saturated carbocycles. The maximum atomic E-state index is 12.3. The fourth-order valence-corrected chi connectivity index (χ4v) is 2.43. The largest absolute Gasteiger partial charge is 0.494 e. The van der Waals surface area contributed by atoms with E-state index in [1.54, 1.807) is 6.92 Å². The van der Waals surface area contributed by atoms with Crippen LogP contribution in [0.3, 0.4) is 0 Å². The summed E-state index contributed by atoms with van der Waals surface area (Å²) in [5.74, 6) is 1.41. The molecule has 128 valence electrons. The molecule has 1 atom stereocenters.